The van der Waals surface area contributed by atoms with E-state index in [4.69, 9.17) is 27.7 Å². The third kappa shape index (κ3) is 2.35. The van der Waals surface area contributed by atoms with E-state index in [9.17, 15) is 0 Å². The number of rotatable bonds is 3. The van der Waals surface area contributed by atoms with Crippen LogP contribution in [0.1, 0.15) is 30.4 Å². The molecule has 0 saturated heterocycles. The molecule has 0 saturated carbocycles. The summed E-state index contributed by atoms with van der Waals surface area (Å²) < 4.78 is 5.09. The van der Waals surface area contributed by atoms with Gasteiger partial charge in [0.05, 0.1) is 11.3 Å². The van der Waals surface area contributed by atoms with E-state index in [-0.39, 0.29) is 0 Å². The van der Waals surface area contributed by atoms with Crippen LogP contribution in [0.5, 0.6) is 0 Å². The maximum Gasteiger partial charge on any atom is 0.168 e. The predicted molar refractivity (Wildman–Crippen MR) is 71.0 cm³/mol. The van der Waals surface area contributed by atoms with E-state index >= 15 is 0 Å². The van der Waals surface area contributed by atoms with Crippen molar-refractivity contribution >= 4 is 23.2 Å². The smallest absolute Gasteiger partial charge is 0.168 e. The van der Waals surface area contributed by atoms with Gasteiger partial charge in [-0.25, -0.2) is 9.97 Å². The third-order valence-corrected chi connectivity index (χ3v) is 3.29. The molecule has 2 rings (SSSR count). The lowest BCUT2D eigenvalue weighted by Crippen LogP contribution is -1.98. The molecule has 2 aromatic heterocycles. The Kier molecular flexibility index (Phi) is 3.88. The number of hydrogen-bond acceptors (Lipinski definition) is 4. The first-order valence-corrected chi connectivity index (χ1v) is 6.45. The van der Waals surface area contributed by atoms with E-state index in [1.807, 2.05) is 6.92 Å². The molecule has 2 aromatic rings. The summed E-state index contributed by atoms with van der Waals surface area (Å²) in [6, 6.07) is 0. The number of aromatic nitrogens is 3. The van der Waals surface area contributed by atoms with Crippen LogP contribution >= 0.6 is 23.2 Å². The van der Waals surface area contributed by atoms with Crippen LogP contribution < -0.4 is 0 Å². The molecule has 0 aliphatic carbocycles. The van der Waals surface area contributed by atoms with Gasteiger partial charge in [-0.1, -0.05) is 41.7 Å². The molecule has 6 heteroatoms. The maximum atomic E-state index is 6.15. The van der Waals surface area contributed by atoms with Crippen molar-refractivity contribution in [1.82, 2.24) is 15.1 Å². The van der Waals surface area contributed by atoms with Crippen molar-refractivity contribution in [3.63, 3.8) is 0 Å². The van der Waals surface area contributed by atoms with Crippen molar-refractivity contribution in [1.29, 1.82) is 0 Å². The van der Waals surface area contributed by atoms with Gasteiger partial charge in [0.2, 0.25) is 0 Å². The Morgan fingerprint density at radius 3 is 2.17 bits per heavy atom. The summed E-state index contributed by atoms with van der Waals surface area (Å²) in [6.45, 7) is 5.69. The molecule has 96 valence electrons. The monoisotopic (exact) mass is 285 g/mol. The molecular weight excluding hydrogens is 273 g/mol. The van der Waals surface area contributed by atoms with Crippen molar-refractivity contribution in [2.75, 3.05) is 0 Å². The SMILES string of the molecule is CCCc1c(Cl)nc(-c2c(C)noc2C)nc1Cl. The number of hydrogen-bond donors (Lipinski definition) is 0. The number of nitrogens with zero attached hydrogens (tertiary/aromatic N) is 3. The van der Waals surface area contributed by atoms with Crippen molar-refractivity contribution < 1.29 is 4.52 Å². The Morgan fingerprint density at radius 2 is 1.72 bits per heavy atom. The van der Waals surface area contributed by atoms with Crippen molar-refractivity contribution in [2.45, 2.75) is 33.6 Å². The molecule has 0 radical (unpaired) electrons. The Balaban J connectivity index is 2.55. The number of aryl methyl sites for hydroxylation is 2. The van der Waals surface area contributed by atoms with Gasteiger partial charge in [-0.15, -0.1) is 0 Å². The molecule has 0 aliphatic rings. The maximum absolute atomic E-state index is 6.15. The summed E-state index contributed by atoms with van der Waals surface area (Å²) in [4.78, 5) is 8.57. The summed E-state index contributed by atoms with van der Waals surface area (Å²) in [7, 11) is 0. The quantitative estimate of drug-likeness (QED) is 0.800. The van der Waals surface area contributed by atoms with Gasteiger partial charge >= 0.3 is 0 Å². The summed E-state index contributed by atoms with van der Waals surface area (Å²) >= 11 is 12.3. The predicted octanol–water partition coefficient (Wildman–Crippen LogP) is 4.01. The van der Waals surface area contributed by atoms with E-state index in [0.717, 1.165) is 29.7 Å². The summed E-state index contributed by atoms with van der Waals surface area (Å²) in [5.74, 6) is 1.11. The zero-order chi connectivity index (χ0) is 13.3. The fourth-order valence-corrected chi connectivity index (χ4v) is 2.38. The summed E-state index contributed by atoms with van der Waals surface area (Å²) in [5.41, 5.74) is 2.26. The van der Waals surface area contributed by atoms with Crippen LogP contribution in [-0.2, 0) is 6.42 Å². The first-order valence-electron chi connectivity index (χ1n) is 5.69. The Bertz CT molecular complexity index is 538. The molecule has 0 atom stereocenters. The van der Waals surface area contributed by atoms with Gasteiger partial charge in [-0.05, 0) is 20.3 Å². The van der Waals surface area contributed by atoms with Crippen LogP contribution in [-0.4, -0.2) is 15.1 Å². The average Bonchev–Trinajstić information content (AvgIpc) is 2.63. The fraction of sp³-hybridized carbons (Fsp3) is 0.417. The molecule has 0 N–H and O–H groups in total. The van der Waals surface area contributed by atoms with Gasteiger partial charge in [0.1, 0.15) is 16.1 Å². The molecular formula is C12H13Cl2N3O. The van der Waals surface area contributed by atoms with E-state index in [1.165, 1.54) is 0 Å². The van der Waals surface area contributed by atoms with Gasteiger partial charge in [-0.2, -0.15) is 0 Å². The van der Waals surface area contributed by atoms with E-state index < -0.39 is 0 Å². The van der Waals surface area contributed by atoms with E-state index in [1.54, 1.807) is 6.92 Å². The van der Waals surface area contributed by atoms with Crippen molar-refractivity contribution in [2.24, 2.45) is 0 Å². The molecule has 4 nitrogen and oxygen atoms in total. The van der Waals surface area contributed by atoms with Crippen LogP contribution in [0.4, 0.5) is 0 Å². The molecule has 0 fully saturated rings. The minimum Gasteiger partial charge on any atom is -0.361 e. The second-order valence-corrected chi connectivity index (χ2v) is 4.77. The van der Waals surface area contributed by atoms with Gasteiger partial charge < -0.3 is 4.52 Å². The Hall–Kier alpha value is -1.13. The first kappa shape index (κ1) is 13.3. The zero-order valence-corrected chi connectivity index (χ0v) is 11.9. The lowest BCUT2D eigenvalue weighted by Gasteiger charge is -2.06. The summed E-state index contributed by atoms with van der Waals surface area (Å²) in [6.07, 6.45) is 1.70. The van der Waals surface area contributed by atoms with E-state index in [2.05, 4.69) is 22.0 Å². The highest BCUT2D eigenvalue weighted by atomic mass is 35.5. The normalized spacial score (nSPS) is 10.9. The van der Waals surface area contributed by atoms with Crippen LogP contribution in [0.2, 0.25) is 10.3 Å². The second kappa shape index (κ2) is 5.24. The molecule has 18 heavy (non-hydrogen) atoms. The summed E-state index contributed by atoms with van der Waals surface area (Å²) in [5, 5.41) is 4.66. The highest BCUT2D eigenvalue weighted by Gasteiger charge is 2.18. The van der Waals surface area contributed by atoms with Gasteiger partial charge in [0.15, 0.2) is 5.82 Å². The lowest BCUT2D eigenvalue weighted by atomic mass is 10.1. The first-order chi connectivity index (χ1) is 8.54. The second-order valence-electron chi connectivity index (χ2n) is 4.06. The highest BCUT2D eigenvalue weighted by molar-refractivity contribution is 6.34. The molecule has 0 aromatic carbocycles. The molecule has 0 bridgehead atoms. The fourth-order valence-electron chi connectivity index (χ4n) is 1.80. The number of halogens is 2. The minimum absolute atomic E-state index is 0.395. The largest absolute Gasteiger partial charge is 0.361 e. The van der Waals surface area contributed by atoms with E-state index in [0.29, 0.717) is 21.9 Å². The van der Waals surface area contributed by atoms with Gasteiger partial charge in [0.25, 0.3) is 0 Å². The van der Waals surface area contributed by atoms with Crippen LogP contribution in [0.15, 0.2) is 4.52 Å². The Morgan fingerprint density at radius 1 is 1.11 bits per heavy atom. The standard InChI is InChI=1S/C12H13Cl2N3O/c1-4-5-8-10(13)15-12(16-11(8)14)9-6(2)17-18-7(9)3/h4-5H2,1-3H3. The molecule has 0 unspecified atom stereocenters. The lowest BCUT2D eigenvalue weighted by molar-refractivity contribution is 0.393. The van der Waals surface area contributed by atoms with Crippen LogP contribution in [0.25, 0.3) is 11.4 Å². The van der Waals surface area contributed by atoms with Gasteiger partial charge in [0, 0.05) is 5.56 Å². The van der Waals surface area contributed by atoms with Gasteiger partial charge in [-0.3, -0.25) is 0 Å². The average molecular weight is 286 g/mol. The van der Waals surface area contributed by atoms with Crippen molar-refractivity contribution in [3.8, 4) is 11.4 Å². The molecule has 0 spiro atoms. The highest BCUT2D eigenvalue weighted by Crippen LogP contribution is 2.29. The Labute approximate surface area is 115 Å². The zero-order valence-electron chi connectivity index (χ0n) is 10.4. The molecule has 2 heterocycles. The molecule has 0 aliphatic heterocycles. The van der Waals surface area contributed by atoms with Crippen LogP contribution in [0, 0.1) is 13.8 Å². The van der Waals surface area contributed by atoms with Crippen LogP contribution in [0.3, 0.4) is 0 Å². The topological polar surface area (TPSA) is 51.8 Å². The molecule has 0 amide bonds. The minimum atomic E-state index is 0.395. The van der Waals surface area contributed by atoms with Crippen molar-refractivity contribution in [3.05, 3.63) is 27.3 Å². The third-order valence-electron chi connectivity index (χ3n) is 2.66.